The third-order valence-corrected chi connectivity index (χ3v) is 2.59. The Morgan fingerprint density at radius 1 is 0.800 bits per heavy atom. The fraction of sp³-hybridized carbons (Fsp3) is 1.00. The molecule has 0 N–H and O–H groups in total. The van der Waals surface area contributed by atoms with Gasteiger partial charge in [0.1, 0.15) is 0 Å². The molecule has 0 fully saturated rings. The molecule has 0 aliphatic heterocycles. The van der Waals surface area contributed by atoms with E-state index in [0.717, 1.165) is 0 Å². The monoisotopic (exact) mass is 218 g/mol. The van der Waals surface area contributed by atoms with Crippen LogP contribution < -0.4 is 0 Å². The molecule has 0 aliphatic carbocycles. The maximum absolute atomic E-state index is 5.69. The van der Waals surface area contributed by atoms with E-state index in [1.54, 1.807) is 0 Å². The van der Waals surface area contributed by atoms with Gasteiger partial charge in [-0.2, -0.15) is 0 Å². The standard InChI is InChI=1S/C12H26O3/c1-7-13-12(14-8-2,15-9-3)11(6)10(4)5/h10-11H,7-9H2,1-6H3. The maximum Gasteiger partial charge on any atom is 0.285 e. The molecule has 0 saturated heterocycles. The van der Waals surface area contributed by atoms with Gasteiger partial charge in [-0.1, -0.05) is 20.8 Å². The third kappa shape index (κ3) is 4.09. The topological polar surface area (TPSA) is 27.7 Å². The van der Waals surface area contributed by atoms with Gasteiger partial charge in [0.05, 0.1) is 0 Å². The molecule has 0 aromatic carbocycles. The lowest BCUT2D eigenvalue weighted by molar-refractivity contribution is -0.404. The van der Waals surface area contributed by atoms with Crippen LogP contribution in [0.2, 0.25) is 0 Å². The van der Waals surface area contributed by atoms with Crippen LogP contribution in [0.25, 0.3) is 0 Å². The highest BCUT2D eigenvalue weighted by Gasteiger charge is 2.40. The first kappa shape index (κ1) is 14.9. The van der Waals surface area contributed by atoms with Crippen LogP contribution in [-0.4, -0.2) is 25.8 Å². The molecule has 3 nitrogen and oxygen atoms in total. The summed E-state index contributed by atoms with van der Waals surface area (Å²) in [5.74, 6) is -0.209. The van der Waals surface area contributed by atoms with Crippen molar-refractivity contribution in [2.24, 2.45) is 11.8 Å². The molecule has 3 heteroatoms. The van der Waals surface area contributed by atoms with Crippen LogP contribution in [0.3, 0.4) is 0 Å². The molecule has 0 saturated carbocycles. The van der Waals surface area contributed by atoms with Crippen LogP contribution in [0, 0.1) is 11.8 Å². The van der Waals surface area contributed by atoms with Crippen LogP contribution in [-0.2, 0) is 14.2 Å². The molecule has 0 heterocycles. The molecule has 92 valence electrons. The minimum absolute atomic E-state index is 0.206. The zero-order valence-electron chi connectivity index (χ0n) is 11.0. The van der Waals surface area contributed by atoms with Crippen LogP contribution in [0.4, 0.5) is 0 Å². The van der Waals surface area contributed by atoms with Crippen molar-refractivity contribution in [2.45, 2.75) is 47.5 Å². The van der Waals surface area contributed by atoms with Gasteiger partial charge >= 0.3 is 0 Å². The van der Waals surface area contributed by atoms with E-state index in [1.807, 2.05) is 20.8 Å². The molecule has 0 aromatic heterocycles. The Bertz CT molecular complexity index is 140. The Labute approximate surface area is 94.1 Å². The normalized spacial score (nSPS) is 14.6. The van der Waals surface area contributed by atoms with E-state index < -0.39 is 5.97 Å². The van der Waals surface area contributed by atoms with Crippen LogP contribution in [0.1, 0.15) is 41.5 Å². The minimum Gasteiger partial charge on any atom is -0.328 e. The Balaban J connectivity index is 4.73. The molecule has 1 atom stereocenters. The van der Waals surface area contributed by atoms with Gasteiger partial charge in [0, 0.05) is 25.7 Å². The number of ether oxygens (including phenoxy) is 3. The van der Waals surface area contributed by atoms with Crippen molar-refractivity contribution in [3.05, 3.63) is 0 Å². The highest BCUT2D eigenvalue weighted by molar-refractivity contribution is 4.70. The van der Waals surface area contributed by atoms with E-state index >= 15 is 0 Å². The lowest BCUT2D eigenvalue weighted by Gasteiger charge is -2.39. The van der Waals surface area contributed by atoms with Crippen LogP contribution in [0.5, 0.6) is 0 Å². The molecule has 0 aliphatic rings. The molecule has 0 aromatic rings. The summed E-state index contributed by atoms with van der Waals surface area (Å²) in [7, 11) is 0. The van der Waals surface area contributed by atoms with Gasteiger partial charge < -0.3 is 14.2 Å². The van der Waals surface area contributed by atoms with Crippen molar-refractivity contribution in [1.29, 1.82) is 0 Å². The number of hydrogen-bond donors (Lipinski definition) is 0. The summed E-state index contributed by atoms with van der Waals surface area (Å²) in [6.45, 7) is 14.1. The van der Waals surface area contributed by atoms with Crippen molar-refractivity contribution in [3.8, 4) is 0 Å². The lowest BCUT2D eigenvalue weighted by Crippen LogP contribution is -2.47. The van der Waals surface area contributed by atoms with E-state index in [4.69, 9.17) is 14.2 Å². The first-order valence-electron chi connectivity index (χ1n) is 5.95. The summed E-state index contributed by atoms with van der Waals surface area (Å²) >= 11 is 0. The van der Waals surface area contributed by atoms with E-state index in [1.165, 1.54) is 0 Å². The summed E-state index contributed by atoms with van der Waals surface area (Å²) < 4.78 is 17.1. The van der Waals surface area contributed by atoms with E-state index in [-0.39, 0.29) is 5.92 Å². The molecular weight excluding hydrogens is 192 g/mol. The van der Waals surface area contributed by atoms with Crippen molar-refractivity contribution in [1.82, 2.24) is 0 Å². The summed E-state index contributed by atoms with van der Waals surface area (Å²) in [5, 5.41) is 0. The Hall–Kier alpha value is -0.120. The summed E-state index contributed by atoms with van der Waals surface area (Å²) in [6.07, 6.45) is 0. The predicted octanol–water partition coefficient (Wildman–Crippen LogP) is 3.04. The van der Waals surface area contributed by atoms with Crippen LogP contribution in [0.15, 0.2) is 0 Å². The second kappa shape index (κ2) is 7.20. The van der Waals surface area contributed by atoms with Crippen molar-refractivity contribution in [3.63, 3.8) is 0 Å². The Morgan fingerprint density at radius 3 is 1.33 bits per heavy atom. The SMILES string of the molecule is CCOC(OCC)(OCC)C(C)C(C)C. The largest absolute Gasteiger partial charge is 0.328 e. The zero-order valence-corrected chi connectivity index (χ0v) is 11.0. The lowest BCUT2D eigenvalue weighted by atomic mass is 9.95. The maximum atomic E-state index is 5.69. The second-order valence-electron chi connectivity index (χ2n) is 3.94. The molecule has 0 spiro atoms. The van der Waals surface area contributed by atoms with Gasteiger partial charge in [0.2, 0.25) is 0 Å². The zero-order chi connectivity index (χ0) is 11.9. The molecule has 0 bridgehead atoms. The average Bonchev–Trinajstić information content (AvgIpc) is 2.17. The Kier molecular flexibility index (Phi) is 7.14. The fourth-order valence-corrected chi connectivity index (χ4v) is 1.53. The highest BCUT2D eigenvalue weighted by Crippen LogP contribution is 2.31. The van der Waals surface area contributed by atoms with Gasteiger partial charge in [-0.3, -0.25) is 0 Å². The van der Waals surface area contributed by atoms with Gasteiger partial charge in [-0.15, -0.1) is 0 Å². The number of rotatable bonds is 8. The fourth-order valence-electron chi connectivity index (χ4n) is 1.53. The average molecular weight is 218 g/mol. The second-order valence-corrected chi connectivity index (χ2v) is 3.94. The van der Waals surface area contributed by atoms with Crippen molar-refractivity contribution < 1.29 is 14.2 Å². The molecule has 0 radical (unpaired) electrons. The number of hydrogen-bond acceptors (Lipinski definition) is 3. The summed E-state index contributed by atoms with van der Waals surface area (Å²) in [5.41, 5.74) is 0. The van der Waals surface area contributed by atoms with Gasteiger partial charge in [-0.25, -0.2) is 0 Å². The van der Waals surface area contributed by atoms with Gasteiger partial charge in [0.15, 0.2) is 0 Å². The first-order chi connectivity index (χ1) is 7.04. The molecule has 15 heavy (non-hydrogen) atoms. The molecule has 0 rings (SSSR count). The van der Waals surface area contributed by atoms with Gasteiger partial charge in [-0.05, 0) is 26.7 Å². The van der Waals surface area contributed by atoms with E-state index in [0.29, 0.717) is 25.7 Å². The van der Waals surface area contributed by atoms with Crippen molar-refractivity contribution in [2.75, 3.05) is 19.8 Å². The predicted molar refractivity (Wildman–Crippen MR) is 61.6 cm³/mol. The third-order valence-electron chi connectivity index (χ3n) is 2.59. The summed E-state index contributed by atoms with van der Waals surface area (Å²) in [4.78, 5) is 0. The van der Waals surface area contributed by atoms with Crippen molar-refractivity contribution >= 4 is 0 Å². The quantitative estimate of drug-likeness (QED) is 0.586. The smallest absolute Gasteiger partial charge is 0.285 e. The van der Waals surface area contributed by atoms with Gasteiger partial charge in [0.25, 0.3) is 5.97 Å². The minimum atomic E-state index is -0.869. The van der Waals surface area contributed by atoms with E-state index in [9.17, 15) is 0 Å². The first-order valence-corrected chi connectivity index (χ1v) is 5.95. The summed E-state index contributed by atoms with van der Waals surface area (Å²) in [6, 6.07) is 0. The molecule has 0 amide bonds. The van der Waals surface area contributed by atoms with Crippen LogP contribution >= 0.6 is 0 Å². The molecular formula is C12H26O3. The molecule has 1 unspecified atom stereocenters. The Morgan fingerprint density at radius 2 is 1.13 bits per heavy atom. The van der Waals surface area contributed by atoms with E-state index in [2.05, 4.69) is 20.8 Å². The highest BCUT2D eigenvalue weighted by atomic mass is 16.9.